The number of carbonyl (C=O) groups excluding carboxylic acids is 1. The highest BCUT2D eigenvalue weighted by atomic mass is 32.2. The summed E-state index contributed by atoms with van der Waals surface area (Å²) >= 11 is 0. The van der Waals surface area contributed by atoms with Gasteiger partial charge in [-0.25, -0.2) is 0 Å². The van der Waals surface area contributed by atoms with Crippen LogP contribution in [0.4, 0.5) is 0 Å². The van der Waals surface area contributed by atoms with E-state index in [9.17, 15) is 9.00 Å². The van der Waals surface area contributed by atoms with Gasteiger partial charge in [-0.15, -0.1) is 0 Å². The van der Waals surface area contributed by atoms with Crippen molar-refractivity contribution in [2.45, 2.75) is 18.1 Å². The average molecular weight is 162 g/mol. The molecule has 0 saturated carbocycles. The van der Waals surface area contributed by atoms with E-state index < -0.39 is 10.8 Å². The van der Waals surface area contributed by atoms with Crippen molar-refractivity contribution in [3.05, 3.63) is 0 Å². The second-order valence-corrected chi connectivity index (χ2v) is 3.98. The number of ether oxygens (including phenoxy) is 1. The van der Waals surface area contributed by atoms with E-state index in [1.165, 1.54) is 7.11 Å². The summed E-state index contributed by atoms with van der Waals surface area (Å²) in [6.07, 6.45) is 1.60. The highest BCUT2D eigenvalue weighted by Crippen LogP contribution is 2.16. The third-order valence-corrected chi connectivity index (χ3v) is 3.35. The zero-order valence-electron chi connectivity index (χ0n) is 5.83. The van der Waals surface area contributed by atoms with Crippen LogP contribution in [0.3, 0.4) is 0 Å². The number of methoxy groups -OCH3 is 1. The summed E-state index contributed by atoms with van der Waals surface area (Å²) in [5.74, 6) is 0.329. The van der Waals surface area contributed by atoms with Crippen LogP contribution in [0.2, 0.25) is 0 Å². The Kier molecular flexibility index (Phi) is 2.43. The van der Waals surface area contributed by atoms with E-state index in [1.807, 2.05) is 0 Å². The van der Waals surface area contributed by atoms with Crippen molar-refractivity contribution in [2.24, 2.45) is 0 Å². The van der Waals surface area contributed by atoms with E-state index in [0.717, 1.165) is 12.8 Å². The Balaban J connectivity index is 2.55. The molecule has 0 unspecified atom stereocenters. The topological polar surface area (TPSA) is 43.4 Å². The molecule has 0 radical (unpaired) electrons. The predicted molar refractivity (Wildman–Crippen MR) is 38.0 cm³/mol. The third-order valence-electron chi connectivity index (χ3n) is 1.59. The summed E-state index contributed by atoms with van der Waals surface area (Å²) in [6.45, 7) is 0. The van der Waals surface area contributed by atoms with Gasteiger partial charge >= 0.3 is 5.97 Å². The zero-order valence-corrected chi connectivity index (χ0v) is 6.65. The summed E-state index contributed by atoms with van der Waals surface area (Å²) in [5.41, 5.74) is 0. The highest BCUT2D eigenvalue weighted by molar-refractivity contribution is 7.86. The van der Waals surface area contributed by atoms with Crippen LogP contribution in [-0.2, 0) is 20.3 Å². The number of carbonyl (C=O) groups is 1. The van der Waals surface area contributed by atoms with E-state index in [0.29, 0.717) is 5.75 Å². The third kappa shape index (κ3) is 1.37. The minimum absolute atomic E-state index is 0.323. The van der Waals surface area contributed by atoms with Crippen LogP contribution in [0, 0.1) is 0 Å². The van der Waals surface area contributed by atoms with Crippen molar-refractivity contribution in [3.8, 4) is 0 Å². The summed E-state index contributed by atoms with van der Waals surface area (Å²) in [7, 11) is 0.366. The van der Waals surface area contributed by atoms with Crippen LogP contribution in [0.15, 0.2) is 0 Å². The first-order valence-electron chi connectivity index (χ1n) is 3.20. The molecule has 10 heavy (non-hydrogen) atoms. The molecule has 0 bridgehead atoms. The van der Waals surface area contributed by atoms with Crippen molar-refractivity contribution in [1.29, 1.82) is 0 Å². The van der Waals surface area contributed by atoms with Gasteiger partial charge in [0.2, 0.25) is 0 Å². The lowest BCUT2D eigenvalue weighted by molar-refractivity contribution is -0.140. The Hall–Kier alpha value is -0.380. The molecular weight excluding hydrogens is 152 g/mol. The molecule has 1 saturated heterocycles. The molecule has 0 aliphatic carbocycles. The number of hydrogen-bond donors (Lipinski definition) is 0. The van der Waals surface area contributed by atoms with Gasteiger partial charge in [-0.2, -0.15) is 0 Å². The Morgan fingerprint density at radius 2 is 2.40 bits per heavy atom. The maximum atomic E-state index is 11.0. The molecule has 1 aliphatic heterocycles. The number of hydrogen-bond acceptors (Lipinski definition) is 3. The average Bonchev–Trinajstić information content (AvgIpc) is 2.34. The van der Waals surface area contributed by atoms with Crippen LogP contribution in [0.1, 0.15) is 12.8 Å². The van der Waals surface area contributed by atoms with Crippen molar-refractivity contribution in [3.63, 3.8) is 0 Å². The Labute approximate surface area is 62.2 Å². The molecule has 2 atom stereocenters. The second kappa shape index (κ2) is 3.14. The summed E-state index contributed by atoms with van der Waals surface area (Å²) in [5, 5.41) is -0.343. The van der Waals surface area contributed by atoms with Gasteiger partial charge in [0.1, 0.15) is 5.25 Å². The van der Waals surface area contributed by atoms with Crippen molar-refractivity contribution < 1.29 is 13.7 Å². The fourth-order valence-corrected chi connectivity index (χ4v) is 2.52. The van der Waals surface area contributed by atoms with Gasteiger partial charge in [0, 0.05) is 16.6 Å². The monoisotopic (exact) mass is 162 g/mol. The van der Waals surface area contributed by atoms with Crippen molar-refractivity contribution in [1.82, 2.24) is 0 Å². The normalized spacial score (nSPS) is 32.1. The van der Waals surface area contributed by atoms with Crippen LogP contribution in [0.5, 0.6) is 0 Å². The quantitative estimate of drug-likeness (QED) is 0.512. The Morgan fingerprint density at radius 1 is 1.70 bits per heavy atom. The first kappa shape index (κ1) is 7.72. The predicted octanol–water partition coefficient (Wildman–Crippen LogP) is 0.0705. The summed E-state index contributed by atoms with van der Waals surface area (Å²) in [6, 6.07) is 0. The van der Waals surface area contributed by atoms with Crippen LogP contribution in [0.25, 0.3) is 0 Å². The second-order valence-electron chi connectivity index (χ2n) is 2.24. The summed E-state index contributed by atoms with van der Waals surface area (Å²) < 4.78 is 15.5. The Morgan fingerprint density at radius 3 is 2.80 bits per heavy atom. The molecule has 1 heterocycles. The standard InChI is InChI=1S/C6H10O3S/c1-9-6(7)5-3-2-4-10(5)8/h5H,2-4H2,1H3/t5-,10-/m1/s1. The number of esters is 1. The van der Waals surface area contributed by atoms with Crippen LogP contribution >= 0.6 is 0 Å². The molecule has 1 rings (SSSR count). The van der Waals surface area contributed by atoms with Gasteiger partial charge in [0.25, 0.3) is 0 Å². The van der Waals surface area contributed by atoms with Crippen LogP contribution < -0.4 is 0 Å². The molecule has 0 aromatic heterocycles. The number of rotatable bonds is 1. The van der Waals surface area contributed by atoms with E-state index in [-0.39, 0.29) is 11.2 Å². The fraction of sp³-hybridized carbons (Fsp3) is 0.833. The van der Waals surface area contributed by atoms with Crippen LogP contribution in [-0.4, -0.2) is 28.3 Å². The van der Waals surface area contributed by atoms with E-state index in [2.05, 4.69) is 4.74 Å². The minimum atomic E-state index is -0.965. The molecular formula is C6H10O3S. The molecule has 0 amide bonds. The molecule has 58 valence electrons. The van der Waals surface area contributed by atoms with E-state index in [1.54, 1.807) is 0 Å². The lowest BCUT2D eigenvalue weighted by atomic mass is 10.2. The van der Waals surface area contributed by atoms with Gasteiger partial charge in [-0.05, 0) is 12.8 Å². The van der Waals surface area contributed by atoms with E-state index in [4.69, 9.17) is 0 Å². The van der Waals surface area contributed by atoms with Crippen molar-refractivity contribution in [2.75, 3.05) is 12.9 Å². The molecule has 0 aromatic carbocycles. The minimum Gasteiger partial charge on any atom is -0.468 e. The Bertz CT molecular complexity index is 166. The van der Waals surface area contributed by atoms with Gasteiger partial charge in [-0.1, -0.05) is 0 Å². The van der Waals surface area contributed by atoms with Gasteiger partial charge < -0.3 is 4.74 Å². The zero-order chi connectivity index (χ0) is 7.56. The largest absolute Gasteiger partial charge is 0.468 e. The lowest BCUT2D eigenvalue weighted by Gasteiger charge is -2.03. The summed E-state index contributed by atoms with van der Waals surface area (Å²) in [4.78, 5) is 10.8. The molecule has 4 heteroatoms. The smallest absolute Gasteiger partial charge is 0.321 e. The van der Waals surface area contributed by atoms with Crippen molar-refractivity contribution >= 4 is 16.8 Å². The van der Waals surface area contributed by atoms with Gasteiger partial charge in [-0.3, -0.25) is 9.00 Å². The fourth-order valence-electron chi connectivity index (χ4n) is 1.04. The molecule has 3 nitrogen and oxygen atoms in total. The molecule has 0 spiro atoms. The molecule has 0 N–H and O–H groups in total. The lowest BCUT2D eigenvalue weighted by Crippen LogP contribution is -2.22. The maximum Gasteiger partial charge on any atom is 0.321 e. The SMILES string of the molecule is COC(=O)[C@H]1CCC[S@]1=O. The molecule has 1 fully saturated rings. The highest BCUT2D eigenvalue weighted by Gasteiger charge is 2.30. The molecule has 0 aromatic rings. The van der Waals surface area contributed by atoms with Gasteiger partial charge in [0.05, 0.1) is 7.11 Å². The van der Waals surface area contributed by atoms with E-state index >= 15 is 0 Å². The molecule has 1 aliphatic rings. The van der Waals surface area contributed by atoms with Gasteiger partial charge in [0.15, 0.2) is 0 Å². The first-order chi connectivity index (χ1) is 4.75. The first-order valence-corrected chi connectivity index (χ1v) is 4.59. The maximum absolute atomic E-state index is 11.0.